The zero-order valence-corrected chi connectivity index (χ0v) is 41.1. The van der Waals surface area contributed by atoms with Gasteiger partial charge in [0.25, 0.3) is 0 Å². The van der Waals surface area contributed by atoms with Crippen LogP contribution < -0.4 is 30.2 Å². The lowest BCUT2D eigenvalue weighted by atomic mass is 9.95. The van der Waals surface area contributed by atoms with Gasteiger partial charge in [-0.05, 0) is 151 Å². The van der Waals surface area contributed by atoms with E-state index >= 15 is 0 Å². The van der Waals surface area contributed by atoms with E-state index in [1.165, 1.54) is 36.4 Å². The number of halogens is 9. The number of ether oxygens (including phenoxy) is 3. The van der Waals surface area contributed by atoms with E-state index in [0.29, 0.717) is 16.7 Å². The molecule has 12 nitrogen and oxygen atoms in total. The molecule has 3 aromatic rings. The monoisotopic (exact) mass is 1040 g/mol. The van der Waals surface area contributed by atoms with Crippen molar-refractivity contribution in [3.8, 4) is 17.2 Å². The Morgan fingerprint density at radius 1 is 0.472 bits per heavy atom. The maximum absolute atomic E-state index is 12.2. The van der Waals surface area contributed by atoms with E-state index in [4.69, 9.17) is 14.2 Å². The van der Waals surface area contributed by atoms with Crippen molar-refractivity contribution in [3.05, 3.63) is 89.5 Å². The minimum atomic E-state index is -4.40. The summed E-state index contributed by atoms with van der Waals surface area (Å²) in [5.41, 5.74) is -1.14. The van der Waals surface area contributed by atoms with Gasteiger partial charge in [0.1, 0.15) is 17.2 Å². The summed E-state index contributed by atoms with van der Waals surface area (Å²) in [5.74, 6) is -0.0984. The van der Waals surface area contributed by atoms with Gasteiger partial charge in [-0.15, -0.1) is 0 Å². The van der Waals surface area contributed by atoms with Gasteiger partial charge in [-0.25, -0.2) is 0 Å². The highest BCUT2D eigenvalue weighted by Crippen LogP contribution is 2.43. The van der Waals surface area contributed by atoms with Crippen molar-refractivity contribution in [1.82, 2.24) is 16.0 Å². The van der Waals surface area contributed by atoms with Crippen LogP contribution in [0.2, 0.25) is 0 Å². The summed E-state index contributed by atoms with van der Waals surface area (Å²) in [6.45, 7) is 6.07. The normalized spacial score (nSPS) is 18.6. The molecule has 0 radical (unpaired) electrons. The van der Waals surface area contributed by atoms with Gasteiger partial charge in [0.15, 0.2) is 19.8 Å². The summed E-state index contributed by atoms with van der Waals surface area (Å²) in [5, 5.41) is 38.9. The van der Waals surface area contributed by atoms with Crippen molar-refractivity contribution in [2.45, 2.75) is 153 Å². The summed E-state index contributed by atoms with van der Waals surface area (Å²) in [4.78, 5) is 36.2. The molecule has 3 aliphatic rings. The first-order valence-corrected chi connectivity index (χ1v) is 23.6. The number of hydrogen-bond donors (Lipinski definition) is 6. The minimum Gasteiger partial charge on any atom is -0.484 e. The maximum Gasteiger partial charge on any atom is 0.422 e. The highest BCUT2D eigenvalue weighted by Gasteiger charge is 2.43. The van der Waals surface area contributed by atoms with Crippen LogP contribution in [0.5, 0.6) is 17.2 Å². The fraction of sp³-hybridized carbons (Fsp3) is 0.588. The van der Waals surface area contributed by atoms with E-state index in [2.05, 4.69) is 16.0 Å². The lowest BCUT2D eigenvalue weighted by Gasteiger charge is -2.24. The SMILES string of the molecule is C[C@H](NC(=O)CC(C)(O)C1CC1)c1cccc(OCC(F)(F)F)c1.C[C@H](NC(=O)C[C@@](C)(O)C1CC1)c1cccc(OCC(F)(F)F)c1.C[C@H](NC(=O)C[C@](C)(O)C1CC1)c1cccc(OCC(F)(F)F)c1. The number of nitrogens with one attached hydrogen (secondary N) is 3. The number of aliphatic hydroxyl groups is 3. The molecule has 0 spiro atoms. The molecule has 3 aromatic carbocycles. The van der Waals surface area contributed by atoms with Crippen LogP contribution >= 0.6 is 0 Å². The Morgan fingerprint density at radius 2 is 0.694 bits per heavy atom. The highest BCUT2D eigenvalue weighted by molar-refractivity contribution is 5.78. The van der Waals surface area contributed by atoms with Gasteiger partial charge >= 0.3 is 18.5 Å². The van der Waals surface area contributed by atoms with Crippen molar-refractivity contribution in [1.29, 1.82) is 0 Å². The predicted molar refractivity (Wildman–Crippen MR) is 248 cm³/mol. The van der Waals surface area contributed by atoms with Crippen LogP contribution in [0.1, 0.15) is 134 Å². The van der Waals surface area contributed by atoms with Crippen LogP contribution in [0.4, 0.5) is 39.5 Å². The molecule has 6 rings (SSSR count). The van der Waals surface area contributed by atoms with Gasteiger partial charge in [-0.3, -0.25) is 14.4 Å². The third-order valence-electron chi connectivity index (χ3n) is 12.3. The Kier molecular flexibility index (Phi) is 20.3. The molecule has 0 aromatic heterocycles. The van der Waals surface area contributed by atoms with Gasteiger partial charge < -0.3 is 45.5 Å². The number of benzene rings is 3. The van der Waals surface area contributed by atoms with Crippen molar-refractivity contribution in [2.75, 3.05) is 19.8 Å². The average molecular weight is 1040 g/mol. The summed E-state index contributed by atoms with van der Waals surface area (Å²) in [6.07, 6.45) is -7.63. The van der Waals surface area contributed by atoms with Gasteiger partial charge in [0.2, 0.25) is 17.7 Å². The zero-order valence-electron chi connectivity index (χ0n) is 41.1. The van der Waals surface area contributed by atoms with Crippen LogP contribution in [0.3, 0.4) is 0 Å². The van der Waals surface area contributed by atoms with Crippen molar-refractivity contribution in [2.24, 2.45) is 17.8 Å². The van der Waals surface area contributed by atoms with Crippen LogP contribution in [0.25, 0.3) is 0 Å². The van der Waals surface area contributed by atoms with E-state index in [0.717, 1.165) is 38.5 Å². The molecule has 21 heteroatoms. The minimum absolute atomic E-state index is 0.00622. The number of carbonyl (C=O) groups excluding carboxylic acids is 3. The van der Waals surface area contributed by atoms with Gasteiger partial charge in [-0.2, -0.15) is 39.5 Å². The van der Waals surface area contributed by atoms with Crippen LogP contribution in [-0.4, -0.2) is 88.2 Å². The van der Waals surface area contributed by atoms with E-state index in [9.17, 15) is 69.2 Å². The summed E-state index contributed by atoms with van der Waals surface area (Å²) in [7, 11) is 0. The Bertz CT molecular complexity index is 1990. The van der Waals surface area contributed by atoms with Gasteiger partial charge in [0, 0.05) is 0 Å². The van der Waals surface area contributed by atoms with Crippen LogP contribution in [0.15, 0.2) is 72.8 Å². The Morgan fingerprint density at radius 3 is 0.889 bits per heavy atom. The second kappa shape index (κ2) is 24.6. The summed E-state index contributed by atoms with van der Waals surface area (Å²) in [6, 6.07) is 17.3. The fourth-order valence-corrected chi connectivity index (χ4v) is 7.77. The molecule has 0 bridgehead atoms. The van der Waals surface area contributed by atoms with E-state index in [-0.39, 0.29) is 72.0 Å². The smallest absolute Gasteiger partial charge is 0.422 e. The second-order valence-corrected chi connectivity index (χ2v) is 19.7. The zero-order chi connectivity index (χ0) is 53.9. The maximum atomic E-state index is 12.2. The molecule has 0 saturated heterocycles. The Hall–Kier alpha value is -5.28. The van der Waals surface area contributed by atoms with Gasteiger partial charge in [0.05, 0.1) is 54.2 Å². The Labute approximate surface area is 413 Å². The average Bonchev–Trinajstić information content (AvgIpc) is 4.07. The van der Waals surface area contributed by atoms with E-state index in [1.54, 1.807) is 77.9 Å². The summed E-state index contributed by atoms with van der Waals surface area (Å²) < 4.78 is 124. The number of carbonyl (C=O) groups is 3. The number of alkyl halides is 9. The molecular formula is C51H66F9N3O9. The van der Waals surface area contributed by atoms with Crippen molar-refractivity contribution < 1.29 is 83.4 Å². The molecule has 6 atom stereocenters. The number of hydrogen-bond acceptors (Lipinski definition) is 9. The molecule has 3 saturated carbocycles. The molecule has 402 valence electrons. The molecule has 3 fully saturated rings. The molecule has 3 aliphatic carbocycles. The van der Waals surface area contributed by atoms with Crippen LogP contribution in [-0.2, 0) is 14.4 Å². The Balaban J connectivity index is 0.000000234. The predicted octanol–water partition coefficient (Wildman–Crippen LogP) is 10.1. The molecule has 1 unspecified atom stereocenters. The second-order valence-electron chi connectivity index (χ2n) is 19.7. The van der Waals surface area contributed by atoms with Crippen LogP contribution in [0, 0.1) is 17.8 Å². The van der Waals surface area contributed by atoms with E-state index in [1.807, 2.05) is 0 Å². The largest absolute Gasteiger partial charge is 0.484 e. The topological polar surface area (TPSA) is 176 Å². The fourth-order valence-electron chi connectivity index (χ4n) is 7.77. The van der Waals surface area contributed by atoms with Gasteiger partial charge in [-0.1, -0.05) is 36.4 Å². The first-order valence-electron chi connectivity index (χ1n) is 23.6. The number of amides is 3. The lowest BCUT2D eigenvalue weighted by molar-refractivity contribution is -0.154. The molecule has 0 aliphatic heterocycles. The first kappa shape index (κ1) is 59.3. The summed E-state index contributed by atoms with van der Waals surface area (Å²) >= 11 is 0. The number of rotatable bonds is 21. The van der Waals surface area contributed by atoms with Crippen molar-refractivity contribution in [3.63, 3.8) is 0 Å². The third kappa shape index (κ3) is 22.2. The standard InChI is InChI=1S/3C17H22F3NO3/c3*1-11(21-15(22)9-16(2,23)13-6-7-13)12-4-3-5-14(8-12)24-10-17(18,19)20/h3*3-5,8,11,13,23H,6-7,9-10H2,1-2H3,(H,21,22)/t11-,16?;11-,16+;11-,16-/m000/s1. The quantitative estimate of drug-likeness (QED) is 0.0568. The molecule has 6 N–H and O–H groups in total. The third-order valence-corrected chi connectivity index (χ3v) is 12.3. The first-order chi connectivity index (χ1) is 33.2. The molecule has 0 heterocycles. The molecule has 3 amide bonds. The molecule has 72 heavy (non-hydrogen) atoms. The highest BCUT2D eigenvalue weighted by atomic mass is 19.4. The lowest BCUT2D eigenvalue weighted by Crippen LogP contribution is -2.37. The van der Waals surface area contributed by atoms with E-state index < -0.39 is 73.3 Å². The van der Waals surface area contributed by atoms with Crippen molar-refractivity contribution >= 4 is 17.7 Å². The molecular weight excluding hydrogens is 970 g/mol.